The summed E-state index contributed by atoms with van der Waals surface area (Å²) in [4.78, 5) is 41.0. The van der Waals surface area contributed by atoms with Crippen LogP contribution < -0.4 is 5.32 Å². The van der Waals surface area contributed by atoms with Crippen LogP contribution in [-0.2, 0) is 16.0 Å². The summed E-state index contributed by atoms with van der Waals surface area (Å²) in [6.45, 7) is 9.98. The molecule has 11 heteroatoms. The second-order valence-electron chi connectivity index (χ2n) is 9.13. The molecule has 0 aliphatic rings. The third-order valence-corrected chi connectivity index (χ3v) is 4.01. The molecular weight excluding hydrogens is 452 g/mol. The Kier molecular flexibility index (Phi) is 7.86. The van der Waals surface area contributed by atoms with Crippen molar-refractivity contribution in [2.24, 2.45) is 0 Å². The van der Waals surface area contributed by atoms with E-state index in [1.165, 1.54) is 12.1 Å². The highest BCUT2D eigenvalue weighted by molar-refractivity contribution is 6.29. The van der Waals surface area contributed by atoms with Gasteiger partial charge in [-0.3, -0.25) is 10.1 Å². The monoisotopic (exact) mass is 478 g/mol. The van der Waals surface area contributed by atoms with Crippen molar-refractivity contribution in [1.29, 1.82) is 0 Å². The van der Waals surface area contributed by atoms with Crippen LogP contribution in [0.2, 0.25) is 5.15 Å². The molecule has 2 rings (SSSR count). The number of hydrogen-bond acceptors (Lipinski definition) is 8. The van der Waals surface area contributed by atoms with E-state index in [2.05, 4.69) is 10.3 Å². The van der Waals surface area contributed by atoms with Gasteiger partial charge in [0.25, 0.3) is 0 Å². The molecule has 0 fully saturated rings. The van der Waals surface area contributed by atoms with Crippen molar-refractivity contribution in [3.8, 4) is 0 Å². The fourth-order valence-electron chi connectivity index (χ4n) is 2.57. The van der Waals surface area contributed by atoms with Gasteiger partial charge in [-0.25, -0.2) is 19.5 Å². The Morgan fingerprint density at radius 1 is 1.06 bits per heavy atom. The van der Waals surface area contributed by atoms with Crippen molar-refractivity contribution in [3.63, 3.8) is 0 Å². The van der Waals surface area contributed by atoms with Crippen LogP contribution in [0.25, 0.3) is 0 Å². The molecule has 1 N–H and O–H groups in total. The SMILES string of the molecule is CC(C)(C)OC(=O)N(Cc1cccc(Nc2nc(Cl)ccc2[N+](=O)[O-])c1)C(=O)OC(C)(C)C. The quantitative estimate of drug-likeness (QED) is 0.312. The number of nitrogens with one attached hydrogen (secondary N) is 1. The number of anilines is 2. The number of amides is 2. The Bertz CT molecular complexity index is 1020. The summed E-state index contributed by atoms with van der Waals surface area (Å²) in [6.07, 6.45) is -1.72. The summed E-state index contributed by atoms with van der Waals surface area (Å²) in [5, 5.41) is 14.2. The van der Waals surface area contributed by atoms with Gasteiger partial charge in [0.2, 0.25) is 5.82 Å². The maximum absolute atomic E-state index is 12.7. The number of rotatable bonds is 5. The first-order valence-corrected chi connectivity index (χ1v) is 10.4. The second kappa shape index (κ2) is 10.0. The lowest BCUT2D eigenvalue weighted by molar-refractivity contribution is -0.384. The van der Waals surface area contributed by atoms with Crippen LogP contribution in [0.4, 0.5) is 26.8 Å². The predicted molar refractivity (Wildman–Crippen MR) is 124 cm³/mol. The molecule has 0 aliphatic carbocycles. The topological polar surface area (TPSA) is 124 Å². The summed E-state index contributed by atoms with van der Waals surface area (Å²) < 4.78 is 10.7. The molecule has 0 aliphatic heterocycles. The smallest absolute Gasteiger partial charge is 0.420 e. The van der Waals surface area contributed by atoms with E-state index in [1.54, 1.807) is 65.8 Å². The van der Waals surface area contributed by atoms with Gasteiger partial charge in [0.05, 0.1) is 11.5 Å². The van der Waals surface area contributed by atoms with Crippen LogP contribution >= 0.6 is 11.6 Å². The average molecular weight is 479 g/mol. The highest BCUT2D eigenvalue weighted by Gasteiger charge is 2.31. The van der Waals surface area contributed by atoms with E-state index in [-0.39, 0.29) is 23.2 Å². The Morgan fingerprint density at radius 2 is 1.64 bits per heavy atom. The summed E-state index contributed by atoms with van der Waals surface area (Å²) in [5.41, 5.74) is -0.912. The Labute approximate surface area is 197 Å². The number of nitrogens with zero attached hydrogens (tertiary/aromatic N) is 3. The van der Waals surface area contributed by atoms with Gasteiger partial charge in [0.15, 0.2) is 0 Å². The van der Waals surface area contributed by atoms with E-state index in [9.17, 15) is 19.7 Å². The highest BCUT2D eigenvalue weighted by Crippen LogP contribution is 2.28. The summed E-state index contributed by atoms with van der Waals surface area (Å²) in [6, 6.07) is 9.19. The Hall–Kier alpha value is -3.40. The molecule has 0 saturated carbocycles. The number of pyridine rings is 1. The molecule has 1 aromatic heterocycles. The minimum atomic E-state index is -0.859. The number of nitro groups is 1. The van der Waals surface area contributed by atoms with Crippen molar-refractivity contribution in [2.45, 2.75) is 59.3 Å². The minimum Gasteiger partial charge on any atom is -0.443 e. The number of aromatic nitrogens is 1. The average Bonchev–Trinajstić information content (AvgIpc) is 2.63. The molecular formula is C22H27ClN4O6. The number of benzene rings is 1. The number of ether oxygens (including phenoxy) is 2. The lowest BCUT2D eigenvalue weighted by Gasteiger charge is -2.28. The van der Waals surface area contributed by atoms with Crippen LogP contribution in [-0.4, -0.2) is 38.2 Å². The number of hydrogen-bond donors (Lipinski definition) is 1. The molecule has 0 spiro atoms. The third-order valence-electron chi connectivity index (χ3n) is 3.79. The summed E-state index contributed by atoms with van der Waals surface area (Å²) in [5.74, 6) is -0.0409. The van der Waals surface area contributed by atoms with Crippen LogP contribution in [0.3, 0.4) is 0 Å². The van der Waals surface area contributed by atoms with Gasteiger partial charge < -0.3 is 14.8 Å². The van der Waals surface area contributed by atoms with Gasteiger partial charge in [0, 0.05) is 11.8 Å². The summed E-state index contributed by atoms with van der Waals surface area (Å²) >= 11 is 5.88. The second-order valence-corrected chi connectivity index (χ2v) is 9.52. The number of imide groups is 1. The zero-order chi connectivity index (χ0) is 25.0. The number of halogens is 1. The van der Waals surface area contributed by atoms with Crippen LogP contribution in [0, 0.1) is 10.1 Å². The van der Waals surface area contributed by atoms with Crippen molar-refractivity contribution >= 4 is 41.0 Å². The lowest BCUT2D eigenvalue weighted by Crippen LogP contribution is -2.43. The molecule has 10 nitrogen and oxygen atoms in total. The first-order chi connectivity index (χ1) is 15.1. The first-order valence-electron chi connectivity index (χ1n) is 10.0. The van der Waals surface area contributed by atoms with E-state index >= 15 is 0 Å². The zero-order valence-corrected chi connectivity index (χ0v) is 20.1. The van der Waals surface area contributed by atoms with E-state index in [0.29, 0.717) is 11.3 Å². The molecule has 1 aromatic carbocycles. The van der Waals surface area contributed by atoms with Crippen molar-refractivity contribution < 1.29 is 24.0 Å². The molecule has 0 bridgehead atoms. The Balaban J connectivity index is 2.32. The Morgan fingerprint density at radius 3 is 2.15 bits per heavy atom. The largest absolute Gasteiger partial charge is 0.443 e. The number of carbonyl (C=O) groups is 2. The third kappa shape index (κ3) is 8.23. The molecule has 2 amide bonds. The number of carbonyl (C=O) groups excluding carboxylic acids is 2. The lowest BCUT2D eigenvalue weighted by atomic mass is 10.2. The predicted octanol–water partition coefficient (Wildman–Crippen LogP) is 6.06. The molecule has 0 radical (unpaired) electrons. The minimum absolute atomic E-state index is 0.0409. The molecule has 1 heterocycles. The molecule has 0 saturated heterocycles. The standard InChI is InChI=1S/C22H27ClN4O6/c1-21(2,3)32-19(28)26(20(29)33-22(4,5)6)13-14-8-7-9-15(12-14)24-18-16(27(30)31)10-11-17(23)25-18/h7-12H,13H2,1-6H3,(H,24,25). The van der Waals surface area contributed by atoms with E-state index < -0.39 is 28.3 Å². The van der Waals surface area contributed by atoms with E-state index in [0.717, 1.165) is 4.90 Å². The molecule has 2 aromatic rings. The van der Waals surface area contributed by atoms with Crippen LogP contribution in [0.1, 0.15) is 47.1 Å². The fraction of sp³-hybridized carbons (Fsp3) is 0.409. The molecule has 33 heavy (non-hydrogen) atoms. The van der Waals surface area contributed by atoms with Crippen molar-refractivity contribution in [1.82, 2.24) is 9.88 Å². The van der Waals surface area contributed by atoms with E-state index in [4.69, 9.17) is 21.1 Å². The maximum Gasteiger partial charge on any atom is 0.420 e. The van der Waals surface area contributed by atoms with Gasteiger partial charge in [-0.15, -0.1) is 0 Å². The molecule has 0 atom stereocenters. The van der Waals surface area contributed by atoms with Crippen molar-refractivity contribution in [3.05, 3.63) is 57.2 Å². The molecule has 178 valence electrons. The van der Waals surface area contributed by atoms with Gasteiger partial charge in [0.1, 0.15) is 16.4 Å². The van der Waals surface area contributed by atoms with Gasteiger partial charge >= 0.3 is 17.9 Å². The van der Waals surface area contributed by atoms with Gasteiger partial charge in [-0.2, -0.15) is 0 Å². The zero-order valence-electron chi connectivity index (χ0n) is 19.3. The van der Waals surface area contributed by atoms with Crippen LogP contribution in [0.15, 0.2) is 36.4 Å². The van der Waals surface area contributed by atoms with E-state index in [1.807, 2.05) is 0 Å². The van der Waals surface area contributed by atoms with Crippen LogP contribution in [0.5, 0.6) is 0 Å². The van der Waals surface area contributed by atoms with Gasteiger partial charge in [-0.05, 0) is 65.3 Å². The van der Waals surface area contributed by atoms with Crippen molar-refractivity contribution in [2.75, 3.05) is 5.32 Å². The fourth-order valence-corrected chi connectivity index (χ4v) is 2.72. The highest BCUT2D eigenvalue weighted by atomic mass is 35.5. The first kappa shape index (κ1) is 25.9. The molecule has 0 unspecified atom stereocenters. The van der Waals surface area contributed by atoms with Gasteiger partial charge in [-0.1, -0.05) is 23.7 Å². The maximum atomic E-state index is 12.7. The normalized spacial score (nSPS) is 11.5. The summed E-state index contributed by atoms with van der Waals surface area (Å²) in [7, 11) is 0.